The van der Waals surface area contributed by atoms with Crippen LogP contribution in [-0.2, 0) is 9.59 Å². The zero-order chi connectivity index (χ0) is 16.0. The first kappa shape index (κ1) is 16.6. The molecule has 114 valence electrons. The van der Waals surface area contributed by atoms with E-state index in [-0.39, 0.29) is 24.4 Å². The second-order valence-corrected chi connectivity index (χ2v) is 4.86. The molecule has 0 aliphatic heterocycles. The Morgan fingerprint density at radius 3 is 2.38 bits per heavy atom. The van der Waals surface area contributed by atoms with Crippen LogP contribution in [0.15, 0.2) is 12.1 Å². The van der Waals surface area contributed by atoms with Gasteiger partial charge < -0.3 is 10.4 Å². The molecule has 0 aliphatic rings. The van der Waals surface area contributed by atoms with E-state index in [4.69, 9.17) is 5.11 Å². The van der Waals surface area contributed by atoms with Gasteiger partial charge in [-0.1, -0.05) is 0 Å². The second kappa shape index (κ2) is 7.37. The highest BCUT2D eigenvalue weighted by atomic mass is 16.6. The maximum atomic E-state index is 11.7. The maximum Gasteiger partial charge on any atom is 0.303 e. The Hall–Kier alpha value is -2.44. The number of amides is 1. The third-order valence-corrected chi connectivity index (χ3v) is 3.06. The molecular formula is C14H18N2O5. The number of carbonyl (C=O) groups is 2. The number of hydrogen-bond donors (Lipinski definition) is 2. The van der Waals surface area contributed by atoms with Gasteiger partial charge in [0.1, 0.15) is 0 Å². The lowest BCUT2D eigenvalue weighted by molar-refractivity contribution is -0.385. The quantitative estimate of drug-likeness (QED) is 0.456. The van der Waals surface area contributed by atoms with E-state index < -0.39 is 10.9 Å². The first-order valence-corrected chi connectivity index (χ1v) is 6.58. The third-order valence-electron chi connectivity index (χ3n) is 3.06. The zero-order valence-electron chi connectivity index (χ0n) is 12.0. The van der Waals surface area contributed by atoms with Gasteiger partial charge in [-0.25, -0.2) is 0 Å². The van der Waals surface area contributed by atoms with E-state index in [2.05, 4.69) is 5.32 Å². The highest BCUT2D eigenvalue weighted by molar-refractivity contribution is 5.91. The van der Waals surface area contributed by atoms with Crippen molar-refractivity contribution < 1.29 is 19.6 Å². The molecule has 0 aliphatic carbocycles. The molecule has 7 heteroatoms. The lowest BCUT2D eigenvalue weighted by Gasteiger charge is -2.09. The smallest absolute Gasteiger partial charge is 0.303 e. The summed E-state index contributed by atoms with van der Waals surface area (Å²) >= 11 is 0. The van der Waals surface area contributed by atoms with E-state index in [0.29, 0.717) is 29.7 Å². The highest BCUT2D eigenvalue weighted by Crippen LogP contribution is 2.26. The minimum atomic E-state index is -0.878. The van der Waals surface area contributed by atoms with Crippen molar-refractivity contribution >= 4 is 23.3 Å². The van der Waals surface area contributed by atoms with Crippen molar-refractivity contribution in [1.29, 1.82) is 0 Å². The summed E-state index contributed by atoms with van der Waals surface area (Å²) in [5, 5.41) is 22.0. The number of benzene rings is 1. The first-order chi connectivity index (χ1) is 9.81. The summed E-state index contributed by atoms with van der Waals surface area (Å²) in [6, 6.07) is 3.00. The molecule has 1 amide bonds. The molecule has 0 saturated carbocycles. The number of anilines is 1. The fourth-order valence-corrected chi connectivity index (χ4v) is 1.91. The number of aliphatic carboxylic acids is 1. The van der Waals surface area contributed by atoms with Crippen LogP contribution in [-0.4, -0.2) is 21.9 Å². The van der Waals surface area contributed by atoms with Crippen LogP contribution in [0.3, 0.4) is 0 Å². The SMILES string of the molecule is Cc1cc([N+](=O)[O-])c(C)cc1NC(=O)CCCCC(=O)O. The monoisotopic (exact) mass is 294 g/mol. The number of nitrogens with one attached hydrogen (secondary N) is 1. The first-order valence-electron chi connectivity index (χ1n) is 6.58. The predicted octanol–water partition coefficient (Wildman–Crippen LogP) is 2.80. The van der Waals surface area contributed by atoms with E-state index in [1.807, 2.05) is 0 Å². The Labute approximate surface area is 122 Å². The number of unbranched alkanes of at least 4 members (excludes halogenated alkanes) is 1. The topological polar surface area (TPSA) is 110 Å². The lowest BCUT2D eigenvalue weighted by Crippen LogP contribution is -2.12. The molecule has 0 atom stereocenters. The van der Waals surface area contributed by atoms with Gasteiger partial charge in [-0.05, 0) is 38.3 Å². The number of carboxylic acid groups (broad SMARTS) is 1. The van der Waals surface area contributed by atoms with Gasteiger partial charge in [0.05, 0.1) is 4.92 Å². The van der Waals surface area contributed by atoms with Crippen LogP contribution >= 0.6 is 0 Å². The summed E-state index contributed by atoms with van der Waals surface area (Å²) in [4.78, 5) is 32.4. The zero-order valence-corrected chi connectivity index (χ0v) is 12.0. The molecule has 0 unspecified atom stereocenters. The largest absolute Gasteiger partial charge is 0.481 e. The highest BCUT2D eigenvalue weighted by Gasteiger charge is 2.14. The number of nitrogens with zero attached hydrogens (tertiary/aromatic N) is 1. The van der Waals surface area contributed by atoms with Crippen LogP contribution in [0, 0.1) is 24.0 Å². The number of hydrogen-bond acceptors (Lipinski definition) is 4. The number of aryl methyl sites for hydroxylation is 2. The average molecular weight is 294 g/mol. The van der Waals surface area contributed by atoms with E-state index in [0.717, 1.165) is 0 Å². The number of nitro groups is 1. The van der Waals surface area contributed by atoms with Gasteiger partial charge in [0, 0.05) is 30.2 Å². The van der Waals surface area contributed by atoms with Gasteiger partial charge in [-0.15, -0.1) is 0 Å². The minimum Gasteiger partial charge on any atom is -0.481 e. The van der Waals surface area contributed by atoms with Gasteiger partial charge >= 0.3 is 5.97 Å². The molecule has 0 saturated heterocycles. The van der Waals surface area contributed by atoms with E-state index in [1.165, 1.54) is 6.07 Å². The number of nitro benzene ring substituents is 1. The van der Waals surface area contributed by atoms with Crippen LogP contribution in [0.2, 0.25) is 0 Å². The van der Waals surface area contributed by atoms with Crippen LogP contribution in [0.25, 0.3) is 0 Å². The molecule has 1 rings (SSSR count). The summed E-state index contributed by atoms with van der Waals surface area (Å²) < 4.78 is 0. The van der Waals surface area contributed by atoms with Crippen LogP contribution in [0.4, 0.5) is 11.4 Å². The summed E-state index contributed by atoms with van der Waals surface area (Å²) in [6.07, 6.45) is 1.20. The molecule has 21 heavy (non-hydrogen) atoms. The standard InChI is InChI=1S/C14H18N2O5/c1-9-8-12(16(20)21)10(2)7-11(9)15-13(17)5-3-4-6-14(18)19/h7-8H,3-6H2,1-2H3,(H,15,17)(H,18,19). The van der Waals surface area contributed by atoms with Crippen molar-refractivity contribution in [2.24, 2.45) is 0 Å². The molecule has 0 aromatic heterocycles. The Morgan fingerprint density at radius 2 is 1.81 bits per heavy atom. The van der Waals surface area contributed by atoms with Gasteiger partial charge in [0.2, 0.25) is 5.91 Å². The fraction of sp³-hybridized carbons (Fsp3) is 0.429. The number of rotatable bonds is 7. The minimum absolute atomic E-state index is 0.0203. The van der Waals surface area contributed by atoms with Crippen LogP contribution in [0.5, 0.6) is 0 Å². The second-order valence-electron chi connectivity index (χ2n) is 4.86. The molecule has 7 nitrogen and oxygen atoms in total. The number of carbonyl (C=O) groups excluding carboxylic acids is 1. The normalized spacial score (nSPS) is 10.2. The van der Waals surface area contributed by atoms with Crippen molar-refractivity contribution in [3.05, 3.63) is 33.4 Å². The molecule has 0 bridgehead atoms. The van der Waals surface area contributed by atoms with Gasteiger partial charge in [-0.2, -0.15) is 0 Å². The van der Waals surface area contributed by atoms with Gasteiger partial charge in [0.15, 0.2) is 0 Å². The van der Waals surface area contributed by atoms with Crippen LogP contribution < -0.4 is 5.32 Å². The fourth-order valence-electron chi connectivity index (χ4n) is 1.91. The Bertz CT molecular complexity index is 569. The van der Waals surface area contributed by atoms with Gasteiger partial charge in [-0.3, -0.25) is 19.7 Å². The van der Waals surface area contributed by atoms with E-state index >= 15 is 0 Å². The third kappa shape index (κ3) is 5.21. The Morgan fingerprint density at radius 1 is 1.19 bits per heavy atom. The van der Waals surface area contributed by atoms with E-state index in [1.54, 1.807) is 19.9 Å². The maximum absolute atomic E-state index is 11.7. The lowest BCUT2D eigenvalue weighted by atomic mass is 10.1. The van der Waals surface area contributed by atoms with Crippen molar-refractivity contribution in [3.63, 3.8) is 0 Å². The molecule has 0 fully saturated rings. The van der Waals surface area contributed by atoms with Crippen molar-refractivity contribution in [2.75, 3.05) is 5.32 Å². The molecular weight excluding hydrogens is 276 g/mol. The molecule has 1 aromatic rings. The molecule has 0 spiro atoms. The Balaban J connectivity index is 2.62. The van der Waals surface area contributed by atoms with Crippen molar-refractivity contribution in [3.8, 4) is 0 Å². The molecule has 0 radical (unpaired) electrons. The summed E-state index contributed by atoms with van der Waals surface area (Å²) in [7, 11) is 0. The van der Waals surface area contributed by atoms with Crippen LogP contribution in [0.1, 0.15) is 36.8 Å². The molecule has 1 aromatic carbocycles. The summed E-state index contributed by atoms with van der Waals surface area (Å²) in [5.41, 5.74) is 1.66. The molecule has 2 N–H and O–H groups in total. The molecule has 0 heterocycles. The summed E-state index contributed by atoms with van der Waals surface area (Å²) in [5.74, 6) is -1.10. The summed E-state index contributed by atoms with van der Waals surface area (Å²) in [6.45, 7) is 3.30. The van der Waals surface area contributed by atoms with Gasteiger partial charge in [0.25, 0.3) is 5.69 Å². The van der Waals surface area contributed by atoms with Crippen molar-refractivity contribution in [2.45, 2.75) is 39.5 Å². The van der Waals surface area contributed by atoms with Crippen molar-refractivity contribution in [1.82, 2.24) is 0 Å². The van der Waals surface area contributed by atoms with E-state index in [9.17, 15) is 19.7 Å². The average Bonchev–Trinajstić information content (AvgIpc) is 2.38. The number of carboxylic acids is 1. The predicted molar refractivity (Wildman–Crippen MR) is 77.3 cm³/mol. The Kier molecular flexibility index (Phi) is 5.83.